The first kappa shape index (κ1) is 19.8. The number of carbonyl (C=O) groups is 2. The predicted octanol–water partition coefficient (Wildman–Crippen LogP) is 4.36. The molecule has 2 N–H and O–H groups in total. The number of ether oxygens (including phenoxy) is 2. The summed E-state index contributed by atoms with van der Waals surface area (Å²) in [6.07, 6.45) is 1.25. The summed E-state index contributed by atoms with van der Waals surface area (Å²) in [7, 11) is 1.27. The number of esters is 1. The minimum atomic E-state index is -0.638. The van der Waals surface area contributed by atoms with Crippen LogP contribution in [0.3, 0.4) is 0 Å². The average Bonchev–Trinajstić information content (AvgIpc) is 2.94. The van der Waals surface area contributed by atoms with Crippen molar-refractivity contribution in [1.82, 2.24) is 9.97 Å². The first-order chi connectivity index (χ1) is 12.2. The molecule has 142 valence electrons. The summed E-state index contributed by atoms with van der Waals surface area (Å²) in [6, 6.07) is 5.17. The van der Waals surface area contributed by atoms with Crippen LogP contribution >= 0.6 is 0 Å². The number of fused-ring (bicyclic) bond motifs is 1. The van der Waals surface area contributed by atoms with E-state index < -0.39 is 12.1 Å². The van der Waals surface area contributed by atoms with Gasteiger partial charge >= 0.3 is 12.1 Å². The van der Waals surface area contributed by atoms with Gasteiger partial charge in [-0.2, -0.15) is 0 Å². The topological polar surface area (TPSA) is 93.3 Å². The second-order valence-corrected chi connectivity index (χ2v) is 7.70. The van der Waals surface area contributed by atoms with Gasteiger partial charge in [-0.25, -0.2) is 14.6 Å². The average molecular weight is 361 g/mol. The SMILES string of the molecule is COC(=O)Nc1nc2c(C(=O)OCCC(C)CC(C)(C)C)cccc2[nH]1. The number of methoxy groups -OCH3 is 1. The standard InChI is InChI=1S/C19H27N3O4/c1-12(11-19(2,3)4)9-10-26-16(23)13-7-6-8-14-15(13)21-17(20-14)22-18(24)25-5/h6-8,12H,9-11H2,1-5H3,(H2,20,21,22,24). The highest BCUT2D eigenvalue weighted by atomic mass is 16.5. The molecule has 1 atom stereocenters. The molecular weight excluding hydrogens is 334 g/mol. The van der Waals surface area contributed by atoms with Crippen LogP contribution in [0.2, 0.25) is 0 Å². The number of rotatable bonds is 6. The summed E-state index contributed by atoms with van der Waals surface area (Å²) in [6.45, 7) is 9.14. The number of anilines is 1. The van der Waals surface area contributed by atoms with Gasteiger partial charge in [0.1, 0.15) is 5.52 Å². The van der Waals surface area contributed by atoms with Gasteiger partial charge in [-0.05, 0) is 36.3 Å². The predicted molar refractivity (Wildman–Crippen MR) is 100 cm³/mol. The maximum Gasteiger partial charge on any atom is 0.413 e. The second kappa shape index (κ2) is 8.21. The molecule has 0 fully saturated rings. The molecule has 0 aliphatic rings. The third-order valence-electron chi connectivity index (χ3n) is 3.94. The normalized spacial score (nSPS) is 12.7. The van der Waals surface area contributed by atoms with E-state index in [-0.39, 0.29) is 11.4 Å². The minimum absolute atomic E-state index is 0.214. The maximum atomic E-state index is 12.4. The van der Waals surface area contributed by atoms with Crippen LogP contribution in [0.5, 0.6) is 0 Å². The van der Waals surface area contributed by atoms with E-state index in [0.29, 0.717) is 29.1 Å². The Bertz CT molecular complexity index is 777. The smallest absolute Gasteiger partial charge is 0.413 e. The largest absolute Gasteiger partial charge is 0.462 e. The molecule has 2 rings (SSSR count). The highest BCUT2D eigenvalue weighted by molar-refractivity contribution is 6.02. The van der Waals surface area contributed by atoms with E-state index in [1.54, 1.807) is 18.2 Å². The Morgan fingerprint density at radius 1 is 1.31 bits per heavy atom. The van der Waals surface area contributed by atoms with Crippen molar-refractivity contribution in [2.45, 2.75) is 40.5 Å². The number of aromatic nitrogens is 2. The molecule has 1 aromatic carbocycles. The Labute approximate surface area is 153 Å². The van der Waals surface area contributed by atoms with Crippen molar-refractivity contribution in [3.63, 3.8) is 0 Å². The number of carbonyl (C=O) groups excluding carboxylic acids is 2. The van der Waals surface area contributed by atoms with E-state index in [1.807, 2.05) is 0 Å². The lowest BCUT2D eigenvalue weighted by Crippen LogP contribution is -2.14. The molecule has 7 nitrogen and oxygen atoms in total. The lowest BCUT2D eigenvalue weighted by atomic mass is 9.84. The number of benzene rings is 1. The number of nitrogens with zero attached hydrogens (tertiary/aromatic N) is 1. The molecule has 2 aromatic rings. The Kier molecular flexibility index (Phi) is 6.23. The molecule has 0 aliphatic carbocycles. The van der Waals surface area contributed by atoms with Crippen molar-refractivity contribution in [3.05, 3.63) is 23.8 Å². The third-order valence-corrected chi connectivity index (χ3v) is 3.94. The molecule has 1 heterocycles. The number of hydrogen-bond donors (Lipinski definition) is 2. The molecule has 1 amide bonds. The van der Waals surface area contributed by atoms with Gasteiger partial charge in [0.05, 0.1) is 24.8 Å². The highest BCUT2D eigenvalue weighted by Gasteiger charge is 2.18. The van der Waals surface area contributed by atoms with Gasteiger partial charge in [0.15, 0.2) is 0 Å². The fourth-order valence-corrected chi connectivity index (χ4v) is 2.98. The molecule has 0 radical (unpaired) electrons. The van der Waals surface area contributed by atoms with Crippen LogP contribution < -0.4 is 5.32 Å². The zero-order chi connectivity index (χ0) is 19.3. The fourth-order valence-electron chi connectivity index (χ4n) is 2.98. The summed E-state index contributed by atoms with van der Waals surface area (Å²) in [5, 5.41) is 2.45. The van der Waals surface area contributed by atoms with Crippen molar-refractivity contribution in [1.29, 1.82) is 0 Å². The summed E-state index contributed by atoms with van der Waals surface area (Å²) < 4.78 is 9.96. The van der Waals surface area contributed by atoms with Crippen LogP contribution in [-0.2, 0) is 9.47 Å². The van der Waals surface area contributed by atoms with Crippen LogP contribution in [0, 0.1) is 11.3 Å². The molecule has 0 aliphatic heterocycles. The van der Waals surface area contributed by atoms with Gasteiger partial charge in [-0.15, -0.1) is 0 Å². The molecule has 0 saturated heterocycles. The first-order valence-electron chi connectivity index (χ1n) is 8.70. The van der Waals surface area contributed by atoms with Crippen LogP contribution in [-0.4, -0.2) is 35.7 Å². The highest BCUT2D eigenvalue weighted by Crippen LogP contribution is 2.26. The summed E-state index contributed by atoms with van der Waals surface area (Å²) in [5.41, 5.74) is 1.70. The third kappa shape index (κ3) is 5.47. The van der Waals surface area contributed by atoms with Gasteiger partial charge < -0.3 is 14.5 Å². The molecule has 1 unspecified atom stereocenters. The number of amides is 1. The van der Waals surface area contributed by atoms with E-state index in [0.717, 1.165) is 12.8 Å². The van der Waals surface area contributed by atoms with Gasteiger partial charge in [0, 0.05) is 0 Å². The zero-order valence-corrected chi connectivity index (χ0v) is 16.0. The van der Waals surface area contributed by atoms with Crippen LogP contribution in [0.25, 0.3) is 11.0 Å². The van der Waals surface area contributed by atoms with Gasteiger partial charge in [-0.3, -0.25) is 5.32 Å². The number of H-pyrrole nitrogens is 1. The summed E-state index contributed by atoms with van der Waals surface area (Å²) >= 11 is 0. The van der Waals surface area contributed by atoms with Gasteiger partial charge in [0.25, 0.3) is 0 Å². The van der Waals surface area contributed by atoms with E-state index in [4.69, 9.17) is 4.74 Å². The Morgan fingerprint density at radius 2 is 2.04 bits per heavy atom. The molecule has 0 saturated carbocycles. The maximum absolute atomic E-state index is 12.4. The zero-order valence-electron chi connectivity index (χ0n) is 16.0. The molecule has 0 bridgehead atoms. The molecule has 7 heteroatoms. The summed E-state index contributed by atoms with van der Waals surface area (Å²) in [4.78, 5) is 30.9. The molecular formula is C19H27N3O4. The van der Waals surface area contributed by atoms with Crippen LogP contribution in [0.15, 0.2) is 18.2 Å². The lowest BCUT2D eigenvalue weighted by molar-refractivity contribution is 0.0480. The second-order valence-electron chi connectivity index (χ2n) is 7.70. The lowest BCUT2D eigenvalue weighted by Gasteiger charge is -2.23. The Morgan fingerprint density at radius 3 is 2.69 bits per heavy atom. The van der Waals surface area contributed by atoms with Gasteiger partial charge in [-0.1, -0.05) is 33.8 Å². The number of imidazole rings is 1. The van der Waals surface area contributed by atoms with Crippen molar-refractivity contribution in [2.75, 3.05) is 19.0 Å². The van der Waals surface area contributed by atoms with E-state index in [2.05, 4.69) is 47.7 Å². The van der Waals surface area contributed by atoms with E-state index >= 15 is 0 Å². The van der Waals surface area contributed by atoms with Crippen molar-refractivity contribution in [2.24, 2.45) is 11.3 Å². The van der Waals surface area contributed by atoms with Crippen molar-refractivity contribution < 1.29 is 19.1 Å². The Balaban J connectivity index is 2.02. The van der Waals surface area contributed by atoms with E-state index in [9.17, 15) is 9.59 Å². The van der Waals surface area contributed by atoms with Crippen molar-refractivity contribution in [3.8, 4) is 0 Å². The van der Waals surface area contributed by atoms with Gasteiger partial charge in [0.2, 0.25) is 5.95 Å². The van der Waals surface area contributed by atoms with Crippen molar-refractivity contribution >= 4 is 29.0 Å². The van der Waals surface area contributed by atoms with Crippen LogP contribution in [0.4, 0.5) is 10.7 Å². The van der Waals surface area contributed by atoms with Crippen LogP contribution in [0.1, 0.15) is 50.9 Å². The quantitative estimate of drug-likeness (QED) is 0.746. The fraction of sp³-hybridized carbons (Fsp3) is 0.526. The molecule has 1 aromatic heterocycles. The number of nitrogens with one attached hydrogen (secondary N) is 2. The molecule has 26 heavy (non-hydrogen) atoms. The first-order valence-corrected chi connectivity index (χ1v) is 8.70. The Hall–Kier alpha value is -2.57. The minimum Gasteiger partial charge on any atom is -0.462 e. The number of para-hydroxylation sites is 1. The molecule has 0 spiro atoms. The summed E-state index contributed by atoms with van der Waals surface area (Å²) in [5.74, 6) is 0.264. The number of hydrogen-bond acceptors (Lipinski definition) is 5. The van der Waals surface area contributed by atoms with E-state index in [1.165, 1.54) is 7.11 Å². The monoisotopic (exact) mass is 361 g/mol. The number of aromatic amines is 1.